The zero-order valence-corrected chi connectivity index (χ0v) is 13.2. The summed E-state index contributed by atoms with van der Waals surface area (Å²) in [6.45, 7) is 1.52. The minimum absolute atomic E-state index is 0.0811. The van der Waals surface area contributed by atoms with Gasteiger partial charge in [-0.2, -0.15) is 0 Å². The molecular weight excluding hydrogens is 314 g/mol. The fraction of sp³-hybridized carbons (Fsp3) is 0.235. The van der Waals surface area contributed by atoms with Crippen LogP contribution >= 0.6 is 11.6 Å². The molecule has 0 unspecified atom stereocenters. The van der Waals surface area contributed by atoms with Gasteiger partial charge in [-0.3, -0.25) is 14.6 Å². The predicted octanol–water partition coefficient (Wildman–Crippen LogP) is 3.22. The fourth-order valence-electron chi connectivity index (χ4n) is 2.54. The average molecular weight is 330 g/mol. The number of likely N-dealkylation sites (tertiary alicyclic amines) is 1. The molecule has 0 bridgehead atoms. The summed E-state index contributed by atoms with van der Waals surface area (Å²) in [4.78, 5) is 30.5. The molecule has 0 radical (unpaired) electrons. The van der Waals surface area contributed by atoms with E-state index in [-0.39, 0.29) is 11.8 Å². The molecule has 118 valence electrons. The van der Waals surface area contributed by atoms with Gasteiger partial charge in [-0.1, -0.05) is 23.7 Å². The van der Waals surface area contributed by atoms with Crippen molar-refractivity contribution in [1.29, 1.82) is 0 Å². The van der Waals surface area contributed by atoms with Crippen molar-refractivity contribution in [2.24, 2.45) is 0 Å². The van der Waals surface area contributed by atoms with Gasteiger partial charge in [0.2, 0.25) is 0 Å². The van der Waals surface area contributed by atoms with E-state index < -0.39 is 0 Å². The zero-order chi connectivity index (χ0) is 16.2. The molecule has 1 aromatic carbocycles. The number of aromatic nitrogens is 1. The summed E-state index contributed by atoms with van der Waals surface area (Å²) >= 11 is 6.03. The highest BCUT2D eigenvalue weighted by Gasteiger charge is 2.20. The fourth-order valence-corrected chi connectivity index (χ4v) is 2.72. The van der Waals surface area contributed by atoms with Gasteiger partial charge in [0, 0.05) is 25.5 Å². The van der Waals surface area contributed by atoms with Crippen molar-refractivity contribution in [2.45, 2.75) is 12.8 Å². The van der Waals surface area contributed by atoms with Gasteiger partial charge in [0.15, 0.2) is 0 Å². The normalized spacial score (nSPS) is 13.9. The van der Waals surface area contributed by atoms with Crippen molar-refractivity contribution in [3.63, 3.8) is 0 Å². The van der Waals surface area contributed by atoms with Gasteiger partial charge in [0.1, 0.15) is 0 Å². The van der Waals surface area contributed by atoms with E-state index in [0.29, 0.717) is 21.8 Å². The van der Waals surface area contributed by atoms with E-state index in [2.05, 4.69) is 10.3 Å². The van der Waals surface area contributed by atoms with E-state index in [1.54, 1.807) is 35.2 Å². The number of benzene rings is 1. The number of carbonyl (C=O) groups excluding carboxylic acids is 2. The highest BCUT2D eigenvalue weighted by atomic mass is 35.5. The third-order valence-electron chi connectivity index (χ3n) is 3.76. The molecule has 0 aliphatic carbocycles. The Kier molecular flexibility index (Phi) is 4.57. The molecule has 1 aromatic heterocycles. The van der Waals surface area contributed by atoms with Crippen LogP contribution in [0.1, 0.15) is 33.6 Å². The molecule has 0 saturated carbocycles. The lowest BCUT2D eigenvalue weighted by Gasteiger charge is -2.15. The topological polar surface area (TPSA) is 62.3 Å². The first kappa shape index (κ1) is 15.5. The van der Waals surface area contributed by atoms with Crippen LogP contribution in [0.2, 0.25) is 5.02 Å². The summed E-state index contributed by atoms with van der Waals surface area (Å²) in [7, 11) is 0. The Bertz CT molecular complexity index is 742. The molecule has 2 heterocycles. The van der Waals surface area contributed by atoms with E-state index in [9.17, 15) is 9.59 Å². The molecule has 1 N–H and O–H groups in total. The number of halogens is 1. The largest absolute Gasteiger partial charge is 0.339 e. The molecule has 5 nitrogen and oxygen atoms in total. The van der Waals surface area contributed by atoms with Crippen molar-refractivity contribution in [3.8, 4) is 0 Å². The van der Waals surface area contributed by atoms with Crippen molar-refractivity contribution in [1.82, 2.24) is 9.88 Å². The monoisotopic (exact) mass is 329 g/mol. The molecular formula is C17H16ClN3O2. The second-order valence-corrected chi connectivity index (χ2v) is 5.80. The summed E-state index contributed by atoms with van der Waals surface area (Å²) in [6.07, 6.45) is 4.97. The molecule has 1 saturated heterocycles. The lowest BCUT2D eigenvalue weighted by atomic mass is 10.1. The van der Waals surface area contributed by atoms with Crippen LogP contribution in [0.25, 0.3) is 0 Å². The van der Waals surface area contributed by atoms with Crippen LogP contribution < -0.4 is 5.32 Å². The SMILES string of the molecule is O=C(Nc1ccccc1Cl)c1cncc(C(=O)N2CCCC2)c1. The summed E-state index contributed by atoms with van der Waals surface area (Å²) in [5.74, 6) is -0.427. The van der Waals surface area contributed by atoms with Gasteiger partial charge in [-0.05, 0) is 31.0 Å². The number of hydrogen-bond donors (Lipinski definition) is 1. The summed E-state index contributed by atoms with van der Waals surface area (Å²) in [6, 6.07) is 8.55. The maximum Gasteiger partial charge on any atom is 0.257 e. The Morgan fingerprint density at radius 2 is 1.78 bits per heavy atom. The van der Waals surface area contributed by atoms with Crippen LogP contribution in [0.15, 0.2) is 42.7 Å². The van der Waals surface area contributed by atoms with E-state index in [4.69, 9.17) is 11.6 Å². The van der Waals surface area contributed by atoms with Crippen molar-refractivity contribution >= 4 is 29.1 Å². The number of carbonyl (C=O) groups is 2. The van der Waals surface area contributed by atoms with Crippen molar-refractivity contribution in [3.05, 3.63) is 58.9 Å². The van der Waals surface area contributed by atoms with E-state index in [1.807, 2.05) is 0 Å². The van der Waals surface area contributed by atoms with Crippen LogP contribution in [-0.2, 0) is 0 Å². The second-order valence-electron chi connectivity index (χ2n) is 5.40. The molecule has 1 aliphatic heterocycles. The number of para-hydroxylation sites is 1. The molecule has 1 fully saturated rings. The number of pyridine rings is 1. The minimum atomic E-state index is -0.346. The lowest BCUT2D eigenvalue weighted by molar-refractivity contribution is 0.0792. The van der Waals surface area contributed by atoms with Crippen LogP contribution in [0.3, 0.4) is 0 Å². The maximum atomic E-state index is 12.4. The minimum Gasteiger partial charge on any atom is -0.339 e. The number of nitrogens with zero attached hydrogens (tertiary/aromatic N) is 2. The lowest BCUT2D eigenvalue weighted by Crippen LogP contribution is -2.28. The Hall–Kier alpha value is -2.40. The van der Waals surface area contributed by atoms with E-state index in [1.165, 1.54) is 12.4 Å². The van der Waals surface area contributed by atoms with Gasteiger partial charge in [-0.25, -0.2) is 0 Å². The molecule has 1 aliphatic rings. The van der Waals surface area contributed by atoms with Crippen LogP contribution in [0.4, 0.5) is 5.69 Å². The number of amides is 2. The molecule has 3 rings (SSSR count). The average Bonchev–Trinajstić information content (AvgIpc) is 3.11. The second kappa shape index (κ2) is 6.79. The van der Waals surface area contributed by atoms with Crippen LogP contribution in [0, 0.1) is 0 Å². The molecule has 2 amide bonds. The number of nitrogens with one attached hydrogen (secondary N) is 1. The van der Waals surface area contributed by atoms with Gasteiger partial charge >= 0.3 is 0 Å². The molecule has 6 heteroatoms. The molecule has 23 heavy (non-hydrogen) atoms. The Morgan fingerprint density at radius 1 is 1.09 bits per heavy atom. The maximum absolute atomic E-state index is 12.4. The molecule has 0 atom stereocenters. The number of hydrogen-bond acceptors (Lipinski definition) is 3. The first-order chi connectivity index (χ1) is 11.1. The third kappa shape index (κ3) is 3.51. The number of rotatable bonds is 3. The Balaban J connectivity index is 1.77. The molecule has 0 spiro atoms. The van der Waals surface area contributed by atoms with E-state index in [0.717, 1.165) is 25.9 Å². The van der Waals surface area contributed by atoms with Gasteiger partial charge in [0.25, 0.3) is 11.8 Å². The summed E-state index contributed by atoms with van der Waals surface area (Å²) in [5, 5.41) is 3.18. The van der Waals surface area contributed by atoms with Crippen molar-refractivity contribution in [2.75, 3.05) is 18.4 Å². The predicted molar refractivity (Wildman–Crippen MR) is 88.8 cm³/mol. The smallest absolute Gasteiger partial charge is 0.257 e. The van der Waals surface area contributed by atoms with Crippen molar-refractivity contribution < 1.29 is 9.59 Å². The quantitative estimate of drug-likeness (QED) is 0.940. The van der Waals surface area contributed by atoms with Gasteiger partial charge in [0.05, 0.1) is 21.8 Å². The van der Waals surface area contributed by atoms with Gasteiger partial charge < -0.3 is 10.2 Å². The first-order valence-corrected chi connectivity index (χ1v) is 7.83. The van der Waals surface area contributed by atoms with Crippen LogP contribution in [0.5, 0.6) is 0 Å². The first-order valence-electron chi connectivity index (χ1n) is 7.45. The summed E-state index contributed by atoms with van der Waals surface area (Å²) < 4.78 is 0. The van der Waals surface area contributed by atoms with Gasteiger partial charge in [-0.15, -0.1) is 0 Å². The molecule has 2 aromatic rings. The Labute approximate surface area is 139 Å². The van der Waals surface area contributed by atoms with Crippen LogP contribution in [-0.4, -0.2) is 34.8 Å². The highest BCUT2D eigenvalue weighted by Crippen LogP contribution is 2.21. The Morgan fingerprint density at radius 3 is 2.52 bits per heavy atom. The zero-order valence-electron chi connectivity index (χ0n) is 12.5. The van der Waals surface area contributed by atoms with E-state index >= 15 is 0 Å². The standard InChI is InChI=1S/C17H16ClN3O2/c18-14-5-1-2-6-15(14)20-16(22)12-9-13(11-19-10-12)17(23)21-7-3-4-8-21/h1-2,5-6,9-11H,3-4,7-8H2,(H,20,22). The number of anilines is 1. The summed E-state index contributed by atoms with van der Waals surface area (Å²) in [5.41, 5.74) is 1.28. The highest BCUT2D eigenvalue weighted by molar-refractivity contribution is 6.33. The third-order valence-corrected chi connectivity index (χ3v) is 4.09.